The molecule has 3 atom stereocenters. The van der Waals surface area contributed by atoms with Gasteiger partial charge in [-0.2, -0.15) is 0 Å². The van der Waals surface area contributed by atoms with Crippen molar-refractivity contribution >= 4 is 23.2 Å². The third kappa shape index (κ3) is 5.98. The Kier molecular flexibility index (Phi) is 8.36. The Hall–Kier alpha value is -1.30. The zero-order valence-corrected chi connectivity index (χ0v) is 20.4. The number of halogens is 2. The van der Waals surface area contributed by atoms with Gasteiger partial charge < -0.3 is 14.2 Å². The summed E-state index contributed by atoms with van der Waals surface area (Å²) in [6.45, 7) is 10.4. The highest BCUT2D eigenvalue weighted by Gasteiger charge is 2.35. The van der Waals surface area contributed by atoms with Gasteiger partial charge in [-0.25, -0.2) is 0 Å². The second-order valence-corrected chi connectivity index (χ2v) is 9.98. The van der Waals surface area contributed by atoms with E-state index in [4.69, 9.17) is 37.4 Å². The topological polar surface area (TPSA) is 30.9 Å². The summed E-state index contributed by atoms with van der Waals surface area (Å²) in [5, 5.41) is 1.40. The number of hydrogen-bond donors (Lipinski definition) is 0. The van der Waals surface area contributed by atoms with E-state index < -0.39 is 0 Å². The van der Waals surface area contributed by atoms with Crippen LogP contribution < -0.4 is 4.74 Å². The molecule has 0 amide bonds. The van der Waals surface area contributed by atoms with E-state index in [9.17, 15) is 0 Å². The van der Waals surface area contributed by atoms with Crippen LogP contribution in [0, 0.1) is 11.8 Å². The zero-order chi connectivity index (χ0) is 22.5. The van der Waals surface area contributed by atoms with Crippen LogP contribution in [-0.4, -0.2) is 51.0 Å². The van der Waals surface area contributed by atoms with E-state index >= 15 is 0 Å². The quantitative estimate of drug-likeness (QED) is 0.473. The Morgan fingerprint density at radius 1 is 1.06 bits per heavy atom. The molecule has 2 aromatic rings. The molecule has 2 saturated heterocycles. The van der Waals surface area contributed by atoms with Crippen LogP contribution in [0.15, 0.2) is 42.5 Å². The third-order valence-corrected chi connectivity index (χ3v) is 7.23. The van der Waals surface area contributed by atoms with E-state index in [0.29, 0.717) is 30.1 Å². The van der Waals surface area contributed by atoms with Crippen molar-refractivity contribution in [3.63, 3.8) is 0 Å². The summed E-state index contributed by atoms with van der Waals surface area (Å²) in [5.41, 5.74) is 2.34. The lowest BCUT2D eigenvalue weighted by atomic mass is 9.76. The highest BCUT2D eigenvalue weighted by Crippen LogP contribution is 2.45. The van der Waals surface area contributed by atoms with Crippen molar-refractivity contribution in [1.29, 1.82) is 0 Å². The smallest absolute Gasteiger partial charge is 0.119 e. The van der Waals surface area contributed by atoms with Gasteiger partial charge in [0.2, 0.25) is 0 Å². The minimum Gasteiger partial charge on any atom is -0.492 e. The Morgan fingerprint density at radius 3 is 2.50 bits per heavy atom. The summed E-state index contributed by atoms with van der Waals surface area (Å²) in [7, 11) is 0. The molecule has 2 aliphatic heterocycles. The second kappa shape index (κ2) is 11.2. The molecule has 2 aromatic carbocycles. The minimum absolute atomic E-state index is 0.0831. The van der Waals surface area contributed by atoms with Crippen molar-refractivity contribution in [2.75, 3.05) is 46.1 Å². The van der Waals surface area contributed by atoms with Crippen molar-refractivity contribution in [3.8, 4) is 5.75 Å². The maximum Gasteiger partial charge on any atom is 0.119 e. The third-order valence-electron chi connectivity index (χ3n) is 6.67. The summed E-state index contributed by atoms with van der Waals surface area (Å²) in [5.74, 6) is 2.10. The average molecular weight is 478 g/mol. The lowest BCUT2D eigenvalue weighted by molar-refractivity contribution is -0.0552. The van der Waals surface area contributed by atoms with Crippen molar-refractivity contribution in [3.05, 3.63) is 63.6 Å². The number of benzene rings is 2. The molecule has 0 unspecified atom stereocenters. The first-order valence-corrected chi connectivity index (χ1v) is 12.4. The number of ether oxygens (including phenoxy) is 3. The second-order valence-electron chi connectivity index (χ2n) is 9.13. The van der Waals surface area contributed by atoms with Crippen molar-refractivity contribution in [1.82, 2.24) is 4.90 Å². The number of hydrogen-bond acceptors (Lipinski definition) is 4. The van der Waals surface area contributed by atoms with Gasteiger partial charge in [0.15, 0.2) is 0 Å². The van der Waals surface area contributed by atoms with Gasteiger partial charge in [-0.1, -0.05) is 55.2 Å². The summed E-state index contributed by atoms with van der Waals surface area (Å²) in [6.07, 6.45) is 1.13. The largest absolute Gasteiger partial charge is 0.492 e. The van der Waals surface area contributed by atoms with Crippen LogP contribution in [0.2, 0.25) is 10.0 Å². The first-order chi connectivity index (χ1) is 15.5. The lowest BCUT2D eigenvalue weighted by Crippen LogP contribution is -2.38. The Labute approximate surface area is 201 Å². The van der Waals surface area contributed by atoms with Gasteiger partial charge in [0.1, 0.15) is 12.4 Å². The van der Waals surface area contributed by atoms with Gasteiger partial charge in [0.05, 0.1) is 25.9 Å². The standard InChI is InChI=1S/C26H33Cl2NO3/c1-18(2)24-15-20(23-8-5-21(27)16-25(23)28)17-32-26(24)19-3-6-22(7-4-19)31-14-11-29-9-12-30-13-10-29/h3-8,16,18,20,24,26H,9-15,17H2,1-2H3/t20-,24-,26-/m0/s1. The molecule has 0 N–H and O–H groups in total. The first-order valence-electron chi connectivity index (χ1n) is 11.6. The number of nitrogens with zero attached hydrogens (tertiary/aromatic N) is 1. The molecule has 0 bridgehead atoms. The molecule has 0 aromatic heterocycles. The van der Waals surface area contributed by atoms with Crippen LogP contribution in [0.1, 0.15) is 43.4 Å². The summed E-state index contributed by atoms with van der Waals surface area (Å²) >= 11 is 12.6. The van der Waals surface area contributed by atoms with E-state index in [1.165, 1.54) is 5.56 Å². The van der Waals surface area contributed by atoms with E-state index in [-0.39, 0.29) is 12.0 Å². The van der Waals surface area contributed by atoms with Gasteiger partial charge in [-0.3, -0.25) is 4.90 Å². The molecule has 4 nitrogen and oxygen atoms in total. The molecule has 0 radical (unpaired) electrons. The predicted octanol–water partition coefficient (Wildman–Crippen LogP) is 6.22. The Balaban J connectivity index is 1.37. The summed E-state index contributed by atoms with van der Waals surface area (Å²) in [6, 6.07) is 14.2. The van der Waals surface area contributed by atoms with Crippen LogP contribution >= 0.6 is 23.2 Å². The molecule has 32 heavy (non-hydrogen) atoms. The van der Waals surface area contributed by atoms with Gasteiger partial charge in [0, 0.05) is 35.6 Å². The van der Waals surface area contributed by atoms with E-state index in [0.717, 1.165) is 55.6 Å². The molecule has 174 valence electrons. The monoisotopic (exact) mass is 477 g/mol. The van der Waals surface area contributed by atoms with Gasteiger partial charge in [0.25, 0.3) is 0 Å². The summed E-state index contributed by atoms with van der Waals surface area (Å²) in [4.78, 5) is 2.38. The first kappa shape index (κ1) is 23.8. The molecular weight excluding hydrogens is 445 g/mol. The molecule has 0 aliphatic carbocycles. The summed E-state index contributed by atoms with van der Waals surface area (Å²) < 4.78 is 17.8. The molecule has 4 rings (SSSR count). The number of rotatable bonds is 7. The number of morpholine rings is 1. The minimum atomic E-state index is 0.0831. The normalized spacial score (nSPS) is 24.6. The molecule has 2 heterocycles. The van der Waals surface area contributed by atoms with Crippen LogP contribution in [0.3, 0.4) is 0 Å². The van der Waals surface area contributed by atoms with E-state index in [1.54, 1.807) is 0 Å². The maximum atomic E-state index is 6.49. The zero-order valence-electron chi connectivity index (χ0n) is 18.9. The molecule has 6 heteroatoms. The molecule has 0 saturated carbocycles. The Morgan fingerprint density at radius 2 is 1.81 bits per heavy atom. The fourth-order valence-electron chi connectivity index (χ4n) is 4.75. The SMILES string of the molecule is CC(C)[C@@H]1C[C@H](c2ccc(Cl)cc2Cl)CO[C@H]1c1ccc(OCCN2CCOCC2)cc1. The Bertz CT molecular complexity index is 868. The van der Waals surface area contributed by atoms with Gasteiger partial charge in [-0.15, -0.1) is 0 Å². The van der Waals surface area contributed by atoms with Gasteiger partial charge in [-0.05, 0) is 53.6 Å². The van der Waals surface area contributed by atoms with Crippen molar-refractivity contribution < 1.29 is 14.2 Å². The average Bonchev–Trinajstić information content (AvgIpc) is 2.80. The highest BCUT2D eigenvalue weighted by molar-refractivity contribution is 6.35. The molecule has 2 aliphatic rings. The van der Waals surface area contributed by atoms with Crippen LogP contribution in [0.4, 0.5) is 0 Å². The van der Waals surface area contributed by atoms with Crippen LogP contribution in [0.25, 0.3) is 0 Å². The fraction of sp³-hybridized carbons (Fsp3) is 0.538. The fourth-order valence-corrected chi connectivity index (χ4v) is 5.31. The van der Waals surface area contributed by atoms with E-state index in [1.807, 2.05) is 18.2 Å². The van der Waals surface area contributed by atoms with Crippen molar-refractivity contribution in [2.45, 2.75) is 32.3 Å². The molecule has 0 spiro atoms. The maximum absolute atomic E-state index is 6.49. The van der Waals surface area contributed by atoms with Crippen LogP contribution in [0.5, 0.6) is 5.75 Å². The van der Waals surface area contributed by atoms with E-state index in [2.05, 4.69) is 43.0 Å². The van der Waals surface area contributed by atoms with Crippen molar-refractivity contribution in [2.24, 2.45) is 11.8 Å². The van der Waals surface area contributed by atoms with Gasteiger partial charge >= 0.3 is 0 Å². The highest BCUT2D eigenvalue weighted by atomic mass is 35.5. The molecular formula is C26H33Cl2NO3. The predicted molar refractivity (Wildman–Crippen MR) is 130 cm³/mol. The molecule has 2 fully saturated rings. The van der Waals surface area contributed by atoms with Crippen LogP contribution in [-0.2, 0) is 9.47 Å². The lowest BCUT2D eigenvalue weighted by Gasteiger charge is -2.39.